The van der Waals surface area contributed by atoms with Gasteiger partial charge in [0.2, 0.25) is 0 Å². The number of aryl methyl sites for hydroxylation is 2. The topological polar surface area (TPSA) is 32.3 Å². The molecular formula is C21H25FN2O. The molecule has 0 radical (unpaired) electrons. The molecule has 1 heterocycles. The number of rotatable bonds is 4. The van der Waals surface area contributed by atoms with Gasteiger partial charge in [-0.15, -0.1) is 0 Å². The van der Waals surface area contributed by atoms with E-state index in [1.54, 1.807) is 23.1 Å². The highest BCUT2D eigenvalue weighted by molar-refractivity contribution is 5.89. The average molecular weight is 340 g/mol. The van der Waals surface area contributed by atoms with Gasteiger partial charge in [0.25, 0.3) is 0 Å². The second kappa shape index (κ2) is 8.15. The molecule has 2 aromatic rings. The van der Waals surface area contributed by atoms with Crippen LogP contribution in [0.5, 0.6) is 0 Å². The predicted octanol–water partition coefficient (Wildman–Crippen LogP) is 5.01. The van der Waals surface area contributed by atoms with Crippen LogP contribution >= 0.6 is 0 Å². The van der Waals surface area contributed by atoms with E-state index in [2.05, 4.69) is 36.5 Å². The van der Waals surface area contributed by atoms with Crippen LogP contribution in [0.2, 0.25) is 0 Å². The number of anilines is 1. The Labute approximate surface area is 148 Å². The average Bonchev–Trinajstić information content (AvgIpc) is 2.63. The molecular weight excluding hydrogens is 315 g/mol. The minimum absolute atomic E-state index is 0.206. The number of hydrogen-bond donors (Lipinski definition) is 1. The van der Waals surface area contributed by atoms with Crippen molar-refractivity contribution in [3.63, 3.8) is 0 Å². The van der Waals surface area contributed by atoms with E-state index < -0.39 is 5.82 Å². The number of urea groups is 1. The zero-order valence-corrected chi connectivity index (χ0v) is 14.7. The number of para-hydroxylation sites is 1. The molecule has 3 rings (SSSR count). The molecule has 0 spiro atoms. The van der Waals surface area contributed by atoms with Gasteiger partial charge in [0.15, 0.2) is 0 Å². The summed E-state index contributed by atoms with van der Waals surface area (Å²) in [5.74, 6) is 0.252. The molecule has 1 saturated heterocycles. The van der Waals surface area contributed by atoms with Crippen LogP contribution in [0.25, 0.3) is 0 Å². The summed E-state index contributed by atoms with van der Waals surface area (Å²) in [5, 5.41) is 2.67. The van der Waals surface area contributed by atoms with E-state index in [1.165, 1.54) is 17.2 Å². The van der Waals surface area contributed by atoms with Crippen molar-refractivity contribution in [1.82, 2.24) is 4.90 Å². The fourth-order valence-corrected chi connectivity index (χ4v) is 3.31. The molecule has 132 valence electrons. The second-order valence-corrected chi connectivity index (χ2v) is 6.86. The lowest BCUT2D eigenvalue weighted by Gasteiger charge is -2.32. The van der Waals surface area contributed by atoms with Crippen LogP contribution in [-0.2, 0) is 6.42 Å². The summed E-state index contributed by atoms with van der Waals surface area (Å²) in [7, 11) is 0. The number of carbonyl (C=O) groups excluding carboxylic acids is 1. The van der Waals surface area contributed by atoms with Crippen LogP contribution in [0.15, 0.2) is 48.5 Å². The molecule has 0 aromatic heterocycles. The Morgan fingerprint density at radius 2 is 1.80 bits per heavy atom. The zero-order valence-electron chi connectivity index (χ0n) is 14.7. The van der Waals surface area contributed by atoms with Crippen LogP contribution in [0, 0.1) is 18.7 Å². The van der Waals surface area contributed by atoms with E-state index in [0.717, 1.165) is 38.8 Å². The zero-order chi connectivity index (χ0) is 17.6. The Morgan fingerprint density at radius 3 is 2.48 bits per heavy atom. The smallest absolute Gasteiger partial charge is 0.321 e. The SMILES string of the molecule is Cc1ccc(CCC2CCN(C(=O)Nc3ccccc3F)CC2)cc1. The maximum Gasteiger partial charge on any atom is 0.321 e. The molecule has 3 nitrogen and oxygen atoms in total. The number of likely N-dealkylation sites (tertiary alicyclic amines) is 1. The summed E-state index contributed by atoms with van der Waals surface area (Å²) in [6.45, 7) is 3.57. The Kier molecular flexibility index (Phi) is 5.69. The Balaban J connectivity index is 1.44. The monoisotopic (exact) mass is 340 g/mol. The van der Waals surface area contributed by atoms with Gasteiger partial charge in [-0.3, -0.25) is 0 Å². The summed E-state index contributed by atoms with van der Waals surface area (Å²) in [6, 6.07) is 14.8. The van der Waals surface area contributed by atoms with E-state index in [1.807, 2.05) is 0 Å². The first-order valence-electron chi connectivity index (χ1n) is 8.98. The van der Waals surface area contributed by atoms with E-state index in [-0.39, 0.29) is 11.7 Å². The van der Waals surface area contributed by atoms with Crippen molar-refractivity contribution in [2.75, 3.05) is 18.4 Å². The number of halogens is 1. The maximum absolute atomic E-state index is 13.6. The fraction of sp³-hybridized carbons (Fsp3) is 0.381. The molecule has 0 atom stereocenters. The number of nitrogens with zero attached hydrogens (tertiary/aromatic N) is 1. The number of hydrogen-bond acceptors (Lipinski definition) is 1. The molecule has 0 aliphatic carbocycles. The summed E-state index contributed by atoms with van der Waals surface area (Å²) in [5.41, 5.74) is 2.91. The van der Waals surface area contributed by atoms with Gasteiger partial charge in [0.1, 0.15) is 5.82 Å². The normalized spacial score (nSPS) is 15.2. The lowest BCUT2D eigenvalue weighted by Crippen LogP contribution is -2.41. The van der Waals surface area contributed by atoms with Gasteiger partial charge in [-0.2, -0.15) is 0 Å². The molecule has 1 N–H and O–H groups in total. The van der Waals surface area contributed by atoms with E-state index in [9.17, 15) is 9.18 Å². The first-order valence-corrected chi connectivity index (χ1v) is 8.98. The first-order chi connectivity index (χ1) is 12.1. The third kappa shape index (κ3) is 4.81. The highest BCUT2D eigenvalue weighted by Gasteiger charge is 2.23. The summed E-state index contributed by atoms with van der Waals surface area (Å²) < 4.78 is 13.6. The molecule has 0 unspecified atom stereocenters. The number of piperidine rings is 1. The van der Waals surface area contributed by atoms with Crippen LogP contribution < -0.4 is 5.32 Å². The number of amides is 2. The van der Waals surface area contributed by atoms with Crippen molar-refractivity contribution in [2.24, 2.45) is 5.92 Å². The largest absolute Gasteiger partial charge is 0.325 e. The van der Waals surface area contributed by atoms with Crippen molar-refractivity contribution >= 4 is 11.7 Å². The second-order valence-electron chi connectivity index (χ2n) is 6.86. The highest BCUT2D eigenvalue weighted by Crippen LogP contribution is 2.23. The molecule has 0 saturated carbocycles. The van der Waals surface area contributed by atoms with E-state index in [0.29, 0.717) is 5.92 Å². The van der Waals surface area contributed by atoms with Gasteiger partial charge in [-0.1, -0.05) is 42.0 Å². The third-order valence-electron chi connectivity index (χ3n) is 4.98. The van der Waals surface area contributed by atoms with E-state index in [4.69, 9.17) is 0 Å². The van der Waals surface area contributed by atoms with Crippen molar-refractivity contribution in [2.45, 2.75) is 32.6 Å². The Hall–Kier alpha value is -2.36. The molecule has 2 amide bonds. The standard InChI is InChI=1S/C21H25FN2O/c1-16-6-8-17(9-7-16)10-11-18-12-14-24(15-13-18)21(25)23-20-5-3-2-4-19(20)22/h2-9,18H,10-15H2,1H3,(H,23,25). The minimum atomic E-state index is -0.399. The highest BCUT2D eigenvalue weighted by atomic mass is 19.1. The molecule has 1 aliphatic heterocycles. The van der Waals surface area contributed by atoms with Gasteiger partial charge >= 0.3 is 6.03 Å². The van der Waals surface area contributed by atoms with Gasteiger partial charge in [-0.25, -0.2) is 9.18 Å². The summed E-state index contributed by atoms with van der Waals surface area (Å²) >= 11 is 0. The van der Waals surface area contributed by atoms with E-state index >= 15 is 0 Å². The van der Waals surface area contributed by atoms with Crippen LogP contribution in [-0.4, -0.2) is 24.0 Å². The molecule has 1 aliphatic rings. The van der Waals surface area contributed by atoms with Crippen LogP contribution in [0.4, 0.5) is 14.9 Å². The number of carbonyl (C=O) groups is 1. The number of nitrogens with one attached hydrogen (secondary N) is 1. The Bertz CT molecular complexity index is 706. The lowest BCUT2D eigenvalue weighted by molar-refractivity contribution is 0.180. The lowest BCUT2D eigenvalue weighted by atomic mass is 9.90. The van der Waals surface area contributed by atoms with Crippen LogP contribution in [0.1, 0.15) is 30.4 Å². The molecule has 4 heteroatoms. The molecule has 2 aromatic carbocycles. The fourth-order valence-electron chi connectivity index (χ4n) is 3.31. The molecule has 0 bridgehead atoms. The van der Waals surface area contributed by atoms with Crippen LogP contribution in [0.3, 0.4) is 0 Å². The molecule has 1 fully saturated rings. The quantitative estimate of drug-likeness (QED) is 0.833. The van der Waals surface area contributed by atoms with Gasteiger partial charge < -0.3 is 10.2 Å². The van der Waals surface area contributed by atoms with Gasteiger partial charge in [-0.05, 0) is 56.2 Å². The summed E-state index contributed by atoms with van der Waals surface area (Å²) in [6.07, 6.45) is 4.27. The maximum atomic E-state index is 13.6. The van der Waals surface area contributed by atoms with Gasteiger partial charge in [0, 0.05) is 13.1 Å². The van der Waals surface area contributed by atoms with Crippen molar-refractivity contribution < 1.29 is 9.18 Å². The Morgan fingerprint density at radius 1 is 1.12 bits per heavy atom. The first kappa shape index (κ1) is 17.5. The van der Waals surface area contributed by atoms with Crippen molar-refractivity contribution in [3.05, 3.63) is 65.5 Å². The molecule has 25 heavy (non-hydrogen) atoms. The third-order valence-corrected chi connectivity index (χ3v) is 4.98. The van der Waals surface area contributed by atoms with Crippen molar-refractivity contribution in [1.29, 1.82) is 0 Å². The predicted molar refractivity (Wildman–Crippen MR) is 99.2 cm³/mol. The minimum Gasteiger partial charge on any atom is -0.325 e. The number of benzene rings is 2. The van der Waals surface area contributed by atoms with Gasteiger partial charge in [0.05, 0.1) is 5.69 Å². The van der Waals surface area contributed by atoms with Crippen molar-refractivity contribution in [3.8, 4) is 0 Å². The summed E-state index contributed by atoms with van der Waals surface area (Å²) in [4.78, 5) is 14.1.